The average Bonchev–Trinajstić information content (AvgIpc) is 3.39. The molecule has 0 spiro atoms. The van der Waals surface area contributed by atoms with Gasteiger partial charge in [-0.05, 0) is 38.1 Å². The fraction of sp³-hybridized carbons (Fsp3) is 0.278. The third kappa shape index (κ3) is 3.92. The van der Waals surface area contributed by atoms with E-state index in [1.165, 1.54) is 6.07 Å². The molecule has 0 amide bonds. The highest BCUT2D eigenvalue weighted by Gasteiger charge is 2.15. The molecule has 4 aromatic rings. The van der Waals surface area contributed by atoms with Crippen molar-refractivity contribution in [2.45, 2.75) is 32.9 Å². The molecule has 1 unspecified atom stereocenters. The van der Waals surface area contributed by atoms with Crippen molar-refractivity contribution < 1.29 is 4.39 Å². The van der Waals surface area contributed by atoms with Gasteiger partial charge < -0.3 is 0 Å². The van der Waals surface area contributed by atoms with Gasteiger partial charge in [0.05, 0.1) is 23.6 Å². The van der Waals surface area contributed by atoms with Gasteiger partial charge in [0.25, 0.3) is 0 Å². The zero-order chi connectivity index (χ0) is 18.8. The van der Waals surface area contributed by atoms with Crippen molar-refractivity contribution in [1.82, 2.24) is 34.7 Å². The second kappa shape index (κ2) is 7.36. The van der Waals surface area contributed by atoms with E-state index in [1.54, 1.807) is 28.3 Å². The van der Waals surface area contributed by atoms with E-state index in [-0.39, 0.29) is 11.9 Å². The Balaban J connectivity index is 1.44. The fourth-order valence-electron chi connectivity index (χ4n) is 2.70. The number of aromatic nitrogens is 7. The van der Waals surface area contributed by atoms with Gasteiger partial charge in [0.2, 0.25) is 0 Å². The molecule has 0 aliphatic carbocycles. The Morgan fingerprint density at radius 1 is 1.15 bits per heavy atom. The van der Waals surface area contributed by atoms with Crippen molar-refractivity contribution in [2.24, 2.45) is 0 Å². The van der Waals surface area contributed by atoms with Crippen LogP contribution in [0.4, 0.5) is 4.39 Å². The first-order chi connectivity index (χ1) is 13.1. The van der Waals surface area contributed by atoms with Crippen LogP contribution in [0.15, 0.2) is 42.9 Å². The summed E-state index contributed by atoms with van der Waals surface area (Å²) in [4.78, 5) is 4.06. The summed E-state index contributed by atoms with van der Waals surface area (Å²) in [7, 11) is 0. The minimum atomic E-state index is -0.328. The van der Waals surface area contributed by atoms with Crippen molar-refractivity contribution in [3.8, 4) is 0 Å². The second-order valence-corrected chi connectivity index (χ2v) is 7.35. The molecule has 0 aliphatic rings. The molecule has 7 nitrogen and oxygen atoms in total. The molecule has 27 heavy (non-hydrogen) atoms. The summed E-state index contributed by atoms with van der Waals surface area (Å²) in [5.41, 5.74) is 2.20. The predicted molar refractivity (Wildman–Crippen MR) is 99.0 cm³/mol. The number of hydrogen-bond donors (Lipinski definition) is 0. The minimum absolute atomic E-state index is 0.0367. The molecular weight excluding hydrogens is 365 g/mol. The number of rotatable bonds is 6. The molecule has 0 aromatic carbocycles. The summed E-state index contributed by atoms with van der Waals surface area (Å²) in [6.45, 7) is 4.30. The Morgan fingerprint density at radius 2 is 2.04 bits per heavy atom. The van der Waals surface area contributed by atoms with Crippen LogP contribution in [0.25, 0.3) is 0 Å². The summed E-state index contributed by atoms with van der Waals surface area (Å²) in [5, 5.41) is 19.3. The highest BCUT2D eigenvalue weighted by atomic mass is 32.1. The van der Waals surface area contributed by atoms with Gasteiger partial charge in [-0.2, -0.15) is 10.2 Å². The van der Waals surface area contributed by atoms with E-state index in [9.17, 15) is 4.39 Å². The first-order valence-corrected chi connectivity index (χ1v) is 9.36. The molecule has 138 valence electrons. The van der Waals surface area contributed by atoms with Crippen molar-refractivity contribution >= 4 is 11.3 Å². The summed E-state index contributed by atoms with van der Waals surface area (Å²) in [6, 6.07) is 6.89. The highest BCUT2D eigenvalue weighted by Crippen LogP contribution is 2.22. The van der Waals surface area contributed by atoms with Crippen LogP contribution < -0.4 is 0 Å². The molecule has 0 bridgehead atoms. The van der Waals surface area contributed by atoms with E-state index in [4.69, 9.17) is 0 Å². The topological polar surface area (TPSA) is 74.3 Å². The summed E-state index contributed by atoms with van der Waals surface area (Å²) < 4.78 is 17.3. The van der Waals surface area contributed by atoms with Crippen LogP contribution in [0, 0.1) is 12.7 Å². The molecule has 1 atom stereocenters. The van der Waals surface area contributed by atoms with Gasteiger partial charge in [-0.1, -0.05) is 11.3 Å². The van der Waals surface area contributed by atoms with Crippen molar-refractivity contribution in [3.63, 3.8) is 0 Å². The molecule has 9 heteroatoms. The van der Waals surface area contributed by atoms with Crippen LogP contribution in [-0.4, -0.2) is 34.7 Å². The number of hydrogen-bond acceptors (Lipinski definition) is 6. The second-order valence-electron chi connectivity index (χ2n) is 6.26. The van der Waals surface area contributed by atoms with E-state index in [0.717, 1.165) is 21.4 Å². The standard InChI is InChI=1S/C18H18FN7S/c1-12-5-9-26(23-12)13(2)18-22-21-17(27-18)10-14-6-8-25(24-14)11-16-15(19)4-3-7-20-16/h3-9,13H,10-11H2,1-2H3. The largest absolute Gasteiger partial charge is 0.266 e. The molecule has 0 radical (unpaired) electrons. The lowest BCUT2D eigenvalue weighted by atomic mass is 10.3. The monoisotopic (exact) mass is 383 g/mol. The summed E-state index contributed by atoms with van der Waals surface area (Å²) >= 11 is 1.55. The van der Waals surface area contributed by atoms with E-state index < -0.39 is 0 Å². The van der Waals surface area contributed by atoms with Crippen LogP contribution >= 0.6 is 11.3 Å². The smallest absolute Gasteiger partial charge is 0.146 e. The first-order valence-electron chi connectivity index (χ1n) is 8.54. The Morgan fingerprint density at radius 3 is 2.81 bits per heavy atom. The molecule has 0 fully saturated rings. The maximum Gasteiger partial charge on any atom is 0.146 e. The quantitative estimate of drug-likeness (QED) is 0.512. The minimum Gasteiger partial charge on any atom is -0.266 e. The van der Waals surface area contributed by atoms with E-state index >= 15 is 0 Å². The molecule has 4 aromatic heterocycles. The Hall–Kier alpha value is -2.94. The van der Waals surface area contributed by atoms with Gasteiger partial charge >= 0.3 is 0 Å². The predicted octanol–water partition coefficient (Wildman–Crippen LogP) is 3.02. The van der Waals surface area contributed by atoms with Gasteiger partial charge in [0.1, 0.15) is 21.9 Å². The van der Waals surface area contributed by atoms with Crippen molar-refractivity contribution in [1.29, 1.82) is 0 Å². The van der Waals surface area contributed by atoms with Crippen LogP contribution in [0.2, 0.25) is 0 Å². The summed E-state index contributed by atoms with van der Waals surface area (Å²) in [5.74, 6) is -0.328. The van der Waals surface area contributed by atoms with Crippen LogP contribution in [-0.2, 0) is 13.0 Å². The number of halogens is 1. The lowest BCUT2D eigenvalue weighted by Gasteiger charge is -2.07. The third-order valence-electron chi connectivity index (χ3n) is 4.15. The SMILES string of the molecule is Cc1ccn(C(C)c2nnc(Cc3ccn(Cc4ncccc4F)n3)s2)n1. The highest BCUT2D eigenvalue weighted by molar-refractivity contribution is 7.11. The Kier molecular flexibility index (Phi) is 4.76. The van der Waals surface area contributed by atoms with E-state index in [0.29, 0.717) is 18.7 Å². The maximum absolute atomic E-state index is 13.7. The molecular formula is C18H18FN7S. The van der Waals surface area contributed by atoms with E-state index in [2.05, 4.69) is 25.4 Å². The number of nitrogens with zero attached hydrogens (tertiary/aromatic N) is 7. The zero-order valence-corrected chi connectivity index (χ0v) is 15.8. The van der Waals surface area contributed by atoms with Gasteiger partial charge in [0, 0.05) is 25.0 Å². The fourth-order valence-corrected chi connectivity index (χ4v) is 3.60. The lowest BCUT2D eigenvalue weighted by molar-refractivity contribution is 0.553. The van der Waals surface area contributed by atoms with Gasteiger partial charge in [0.15, 0.2) is 0 Å². The molecule has 0 saturated carbocycles. The van der Waals surface area contributed by atoms with Crippen molar-refractivity contribution in [3.05, 3.63) is 75.8 Å². The van der Waals surface area contributed by atoms with Crippen molar-refractivity contribution in [2.75, 3.05) is 0 Å². The van der Waals surface area contributed by atoms with E-state index in [1.807, 2.05) is 43.1 Å². The first kappa shape index (κ1) is 17.5. The van der Waals surface area contributed by atoms with Crippen LogP contribution in [0.5, 0.6) is 0 Å². The van der Waals surface area contributed by atoms with Crippen LogP contribution in [0.1, 0.15) is 40.1 Å². The average molecular weight is 383 g/mol. The Labute approximate surface area is 159 Å². The molecule has 4 heterocycles. The van der Waals surface area contributed by atoms with Gasteiger partial charge in [-0.15, -0.1) is 10.2 Å². The normalized spacial score (nSPS) is 12.4. The molecule has 0 aliphatic heterocycles. The number of pyridine rings is 1. The maximum atomic E-state index is 13.7. The Bertz CT molecular complexity index is 1050. The summed E-state index contributed by atoms with van der Waals surface area (Å²) in [6.07, 6.45) is 5.92. The van der Waals surface area contributed by atoms with Gasteiger partial charge in [-0.3, -0.25) is 14.3 Å². The molecule has 0 N–H and O–H groups in total. The van der Waals surface area contributed by atoms with Gasteiger partial charge in [-0.25, -0.2) is 4.39 Å². The number of aryl methyl sites for hydroxylation is 1. The lowest BCUT2D eigenvalue weighted by Crippen LogP contribution is -2.07. The third-order valence-corrected chi connectivity index (χ3v) is 5.25. The molecule has 4 rings (SSSR count). The molecule has 0 saturated heterocycles. The zero-order valence-electron chi connectivity index (χ0n) is 14.9. The van der Waals surface area contributed by atoms with Crippen LogP contribution in [0.3, 0.4) is 0 Å².